The van der Waals surface area contributed by atoms with Crippen molar-refractivity contribution in [2.45, 2.75) is 81.1 Å². The van der Waals surface area contributed by atoms with E-state index in [-0.39, 0.29) is 83.6 Å². The molecule has 0 bridgehead atoms. The van der Waals surface area contributed by atoms with Crippen LogP contribution < -0.4 is 4.74 Å². The predicted molar refractivity (Wildman–Crippen MR) is 157 cm³/mol. The number of phenols is 2. The molecule has 2 aromatic rings. The number of hydrogen-bond donors (Lipinski definition) is 3. The van der Waals surface area contributed by atoms with Gasteiger partial charge in [0.2, 0.25) is 5.78 Å². The third-order valence-corrected chi connectivity index (χ3v) is 10.6. The lowest BCUT2D eigenvalue weighted by Crippen LogP contribution is -2.55. The van der Waals surface area contributed by atoms with Crippen molar-refractivity contribution in [1.82, 2.24) is 4.90 Å². The van der Waals surface area contributed by atoms with Crippen molar-refractivity contribution >= 4 is 11.6 Å². The largest absolute Gasteiger partial charge is 0.507 e. The Kier molecular flexibility index (Phi) is 7.59. The van der Waals surface area contributed by atoms with Crippen LogP contribution in [0.5, 0.6) is 17.2 Å². The molecule has 0 amide bonds. The molecule has 4 heterocycles. The Morgan fingerprint density at radius 3 is 2.62 bits per heavy atom. The highest BCUT2D eigenvalue weighted by Crippen LogP contribution is 2.55. The molecule has 4 aliphatic heterocycles. The van der Waals surface area contributed by atoms with Crippen LogP contribution in [0.25, 0.3) is 0 Å². The molecule has 3 N–H and O–H groups in total. The van der Waals surface area contributed by atoms with Crippen LogP contribution in [0.4, 0.5) is 0 Å². The monoisotopic (exact) mass is 655 g/mol. The molecule has 1 spiro atoms. The molecule has 14 nitrogen and oxygen atoms in total. The fourth-order valence-electron chi connectivity index (χ4n) is 8.40. The smallest absolute Gasteiger partial charge is 0.202 e. The van der Waals surface area contributed by atoms with Crippen molar-refractivity contribution in [1.29, 1.82) is 0 Å². The summed E-state index contributed by atoms with van der Waals surface area (Å²) in [7, 11) is 2.96. The van der Waals surface area contributed by atoms with Gasteiger partial charge in [0.05, 0.1) is 49.2 Å². The summed E-state index contributed by atoms with van der Waals surface area (Å²) >= 11 is 0. The zero-order valence-electron chi connectivity index (χ0n) is 26.2. The molecule has 0 saturated carbocycles. The van der Waals surface area contributed by atoms with Gasteiger partial charge in [-0.25, -0.2) is 0 Å². The number of nitrogens with zero attached hydrogens (tertiary/aromatic N) is 1. The molecule has 2 aromatic carbocycles. The number of benzene rings is 2. The van der Waals surface area contributed by atoms with Gasteiger partial charge in [0.1, 0.15) is 41.9 Å². The standard InChI is InChI=1S/C33H37NO13/c1-14-30-17(34-7-8-42-32(41-3)31(34)47-30)9-21(45-14)46-19-11-33(20(12-35)43-13-44-33)10-16-23(19)29(39)25-24(27(16)37)26(36)15-5-4-6-18(40-2)22(15)28(25)38/h4-6,14,17,19-21,30-32,35,37,39H,7-13H2,1-3H3/t14-,17-,19-,20?,21-,30+,31+,32-,33-/m0/s1. The Bertz CT molecular complexity index is 1630. The number of fused-ring (bicyclic) bond motifs is 6. The number of aliphatic hydroxyl groups excluding tert-OH is 1. The summed E-state index contributed by atoms with van der Waals surface area (Å²) in [6, 6.07) is 4.53. The maximum absolute atomic E-state index is 14.0. The van der Waals surface area contributed by atoms with Crippen molar-refractivity contribution in [2.24, 2.45) is 0 Å². The van der Waals surface area contributed by atoms with Crippen LogP contribution >= 0.6 is 0 Å². The second kappa shape index (κ2) is 11.5. The van der Waals surface area contributed by atoms with Crippen molar-refractivity contribution < 1.29 is 62.8 Å². The average molecular weight is 656 g/mol. The molecule has 1 unspecified atom stereocenters. The van der Waals surface area contributed by atoms with E-state index in [2.05, 4.69) is 4.90 Å². The molecule has 8 rings (SSSR count). The first-order chi connectivity index (χ1) is 22.7. The first-order valence-electron chi connectivity index (χ1n) is 15.8. The number of phenolic OH excluding ortho intramolecular Hbond substituents is 2. The Hall–Kier alpha value is -3.18. The van der Waals surface area contributed by atoms with Gasteiger partial charge in [0, 0.05) is 55.6 Å². The van der Waals surface area contributed by atoms with E-state index >= 15 is 0 Å². The number of carbonyl (C=O) groups is 2. The van der Waals surface area contributed by atoms with Crippen LogP contribution in [0, 0.1) is 0 Å². The van der Waals surface area contributed by atoms with Crippen LogP contribution in [-0.2, 0) is 39.6 Å². The van der Waals surface area contributed by atoms with Crippen LogP contribution in [0.15, 0.2) is 18.2 Å². The maximum Gasteiger partial charge on any atom is 0.202 e. The maximum atomic E-state index is 14.0. The number of rotatable bonds is 5. The van der Waals surface area contributed by atoms with Gasteiger partial charge >= 0.3 is 0 Å². The summed E-state index contributed by atoms with van der Waals surface area (Å²) < 4.78 is 47.8. The number of carbonyl (C=O) groups excluding carboxylic acids is 2. The van der Waals surface area contributed by atoms with Gasteiger partial charge < -0.3 is 53.2 Å². The number of ketones is 2. The van der Waals surface area contributed by atoms with Gasteiger partial charge in [-0.1, -0.05) is 12.1 Å². The van der Waals surface area contributed by atoms with E-state index in [0.717, 1.165) is 0 Å². The lowest BCUT2D eigenvalue weighted by atomic mass is 9.71. The van der Waals surface area contributed by atoms with Crippen LogP contribution in [-0.4, -0.2) is 121 Å². The normalized spacial score (nSPS) is 36.1. The number of morpholine rings is 1. The topological polar surface area (TPSA) is 172 Å². The molecule has 6 aliphatic rings. The van der Waals surface area contributed by atoms with Gasteiger partial charge in [0.25, 0.3) is 0 Å². The minimum absolute atomic E-state index is 0.00547. The molecule has 9 atom stereocenters. The summed E-state index contributed by atoms with van der Waals surface area (Å²) in [6.07, 6.45) is -3.67. The van der Waals surface area contributed by atoms with Gasteiger partial charge in [-0.15, -0.1) is 0 Å². The molecule has 47 heavy (non-hydrogen) atoms. The summed E-state index contributed by atoms with van der Waals surface area (Å²) in [5, 5.41) is 34.0. The zero-order valence-corrected chi connectivity index (χ0v) is 26.2. The number of aliphatic hydroxyl groups is 1. The highest BCUT2D eigenvalue weighted by molar-refractivity contribution is 6.31. The fourth-order valence-corrected chi connectivity index (χ4v) is 8.40. The van der Waals surface area contributed by atoms with Crippen molar-refractivity contribution in [3.05, 3.63) is 51.6 Å². The van der Waals surface area contributed by atoms with Crippen LogP contribution in [0.2, 0.25) is 0 Å². The van der Waals surface area contributed by atoms with E-state index in [1.807, 2.05) is 6.92 Å². The van der Waals surface area contributed by atoms with E-state index in [0.29, 0.717) is 19.6 Å². The molecule has 252 valence electrons. The highest BCUT2D eigenvalue weighted by Gasteiger charge is 2.56. The number of ether oxygens (including phenoxy) is 8. The lowest BCUT2D eigenvalue weighted by molar-refractivity contribution is -0.256. The quantitative estimate of drug-likeness (QED) is 0.338. The van der Waals surface area contributed by atoms with E-state index in [1.54, 1.807) is 19.2 Å². The lowest BCUT2D eigenvalue weighted by Gasteiger charge is -2.44. The summed E-state index contributed by atoms with van der Waals surface area (Å²) in [5.74, 6) is -2.04. The molecule has 0 radical (unpaired) electrons. The molecule has 4 saturated heterocycles. The molecule has 2 aliphatic carbocycles. The third-order valence-electron chi connectivity index (χ3n) is 10.6. The van der Waals surface area contributed by atoms with E-state index in [9.17, 15) is 24.9 Å². The Labute approximate surface area is 269 Å². The minimum Gasteiger partial charge on any atom is -0.507 e. The predicted octanol–water partition coefficient (Wildman–Crippen LogP) is 1.52. The average Bonchev–Trinajstić information content (AvgIpc) is 3.65. The van der Waals surface area contributed by atoms with Gasteiger partial charge in [-0.05, 0) is 13.0 Å². The van der Waals surface area contributed by atoms with E-state index in [1.165, 1.54) is 13.2 Å². The second-order valence-electron chi connectivity index (χ2n) is 12.8. The van der Waals surface area contributed by atoms with E-state index < -0.39 is 59.7 Å². The first-order valence-corrected chi connectivity index (χ1v) is 15.8. The SMILES string of the molecule is COc1cccc2c1C(=O)c1c(O)c3c(c(O)c1C2=O)C[C@@]1(C[C@@H]3O[C@H]2C[C@H]3[C@H](O[C@@H]4[C@@H](OC)OCCN43)[C@H](C)O2)OCOC1CO. The first kappa shape index (κ1) is 31.1. The number of methoxy groups -OCH3 is 2. The molecule has 4 fully saturated rings. The molecular weight excluding hydrogens is 618 g/mol. The molecule has 0 aromatic heterocycles. The molecule has 14 heteroatoms. The Morgan fingerprint density at radius 2 is 1.85 bits per heavy atom. The zero-order chi connectivity index (χ0) is 32.8. The summed E-state index contributed by atoms with van der Waals surface area (Å²) in [6.45, 7) is 2.52. The van der Waals surface area contributed by atoms with Gasteiger partial charge in [-0.2, -0.15) is 0 Å². The van der Waals surface area contributed by atoms with Gasteiger partial charge in [0.15, 0.2) is 24.6 Å². The second-order valence-corrected chi connectivity index (χ2v) is 12.8. The van der Waals surface area contributed by atoms with Gasteiger partial charge in [-0.3, -0.25) is 14.5 Å². The Morgan fingerprint density at radius 1 is 1.04 bits per heavy atom. The Balaban J connectivity index is 1.20. The molecular formula is C33H37NO13. The summed E-state index contributed by atoms with van der Waals surface area (Å²) in [4.78, 5) is 30.1. The van der Waals surface area contributed by atoms with Crippen molar-refractivity contribution in [3.63, 3.8) is 0 Å². The number of aromatic hydroxyl groups is 2. The van der Waals surface area contributed by atoms with Crippen molar-refractivity contribution in [3.8, 4) is 17.2 Å². The van der Waals surface area contributed by atoms with Crippen LogP contribution in [0.3, 0.4) is 0 Å². The van der Waals surface area contributed by atoms with E-state index in [4.69, 9.17) is 37.9 Å². The number of hydrogen-bond acceptors (Lipinski definition) is 14. The van der Waals surface area contributed by atoms with Crippen LogP contribution in [0.1, 0.15) is 68.8 Å². The third kappa shape index (κ3) is 4.51. The van der Waals surface area contributed by atoms with Crippen molar-refractivity contribution in [2.75, 3.05) is 40.8 Å². The summed E-state index contributed by atoms with van der Waals surface area (Å²) in [5.41, 5.74) is -1.39. The minimum atomic E-state index is -1.16. The fraction of sp³-hybridized carbons (Fsp3) is 0.576. The highest BCUT2D eigenvalue weighted by atomic mass is 16.7.